The monoisotopic (exact) mass is 385 g/mol. The van der Waals surface area contributed by atoms with Crippen LogP contribution < -0.4 is 10.1 Å². The standard InChI is InChI=1S/C16H13Cl2NO4S/c1-23-12-4-2-3-5-13(12)24-8-14(20)19-11-7-9(17)6-10(18)15(11)16(21)22/h2-7H,8H2,1H3,(H,19,20)(H,21,22). The third kappa shape index (κ3) is 4.56. The number of thioether (sulfide) groups is 1. The van der Waals surface area contributed by atoms with Gasteiger partial charge in [-0.3, -0.25) is 4.79 Å². The summed E-state index contributed by atoms with van der Waals surface area (Å²) >= 11 is 13.0. The Morgan fingerprint density at radius 1 is 1.25 bits per heavy atom. The third-order valence-corrected chi connectivity index (χ3v) is 4.54. The molecule has 2 aromatic carbocycles. The van der Waals surface area contributed by atoms with E-state index in [9.17, 15) is 14.7 Å². The van der Waals surface area contributed by atoms with Gasteiger partial charge in [0.05, 0.1) is 23.6 Å². The van der Waals surface area contributed by atoms with E-state index in [4.69, 9.17) is 27.9 Å². The van der Waals surface area contributed by atoms with Gasteiger partial charge in [0.25, 0.3) is 0 Å². The van der Waals surface area contributed by atoms with Gasteiger partial charge in [-0.1, -0.05) is 35.3 Å². The van der Waals surface area contributed by atoms with Crippen molar-refractivity contribution in [1.29, 1.82) is 0 Å². The number of benzene rings is 2. The molecule has 5 nitrogen and oxygen atoms in total. The average molecular weight is 386 g/mol. The van der Waals surface area contributed by atoms with Gasteiger partial charge in [0.1, 0.15) is 11.3 Å². The number of rotatable bonds is 6. The summed E-state index contributed by atoms with van der Waals surface area (Å²) < 4.78 is 5.21. The van der Waals surface area contributed by atoms with Crippen molar-refractivity contribution in [1.82, 2.24) is 0 Å². The molecule has 2 aromatic rings. The Labute approximate surface area is 152 Å². The minimum Gasteiger partial charge on any atom is -0.496 e. The van der Waals surface area contributed by atoms with Gasteiger partial charge in [0, 0.05) is 9.92 Å². The van der Waals surface area contributed by atoms with E-state index < -0.39 is 5.97 Å². The fraction of sp³-hybridized carbons (Fsp3) is 0.125. The molecule has 0 aromatic heterocycles. The Balaban J connectivity index is 2.12. The van der Waals surface area contributed by atoms with Crippen molar-refractivity contribution in [2.75, 3.05) is 18.2 Å². The quantitative estimate of drug-likeness (QED) is 0.719. The summed E-state index contributed by atoms with van der Waals surface area (Å²) in [5, 5.41) is 12.0. The lowest BCUT2D eigenvalue weighted by Crippen LogP contribution is -2.17. The minimum absolute atomic E-state index is 0.0392. The first-order valence-corrected chi connectivity index (χ1v) is 8.44. The lowest BCUT2D eigenvalue weighted by Gasteiger charge is -2.11. The Hall–Kier alpha value is -1.89. The number of hydrogen-bond donors (Lipinski definition) is 2. The molecule has 0 aliphatic rings. The number of methoxy groups -OCH3 is 1. The van der Waals surface area contributed by atoms with Crippen LogP contribution in [0.5, 0.6) is 5.75 Å². The number of carboxylic acids is 1. The first kappa shape index (κ1) is 18.4. The van der Waals surface area contributed by atoms with Crippen LogP contribution in [0.4, 0.5) is 5.69 Å². The van der Waals surface area contributed by atoms with Crippen LogP contribution in [-0.2, 0) is 4.79 Å². The van der Waals surface area contributed by atoms with Gasteiger partial charge in [-0.2, -0.15) is 0 Å². The lowest BCUT2D eigenvalue weighted by atomic mass is 10.1. The molecule has 2 N–H and O–H groups in total. The number of nitrogens with one attached hydrogen (secondary N) is 1. The first-order chi connectivity index (χ1) is 11.4. The normalized spacial score (nSPS) is 10.3. The summed E-state index contributed by atoms with van der Waals surface area (Å²) in [5.41, 5.74) is -0.137. The molecule has 24 heavy (non-hydrogen) atoms. The third-order valence-electron chi connectivity index (χ3n) is 2.97. The summed E-state index contributed by atoms with van der Waals surface area (Å²) in [6, 6.07) is 9.95. The zero-order valence-corrected chi connectivity index (χ0v) is 14.8. The fourth-order valence-electron chi connectivity index (χ4n) is 1.96. The number of hydrogen-bond acceptors (Lipinski definition) is 4. The van der Waals surface area contributed by atoms with Crippen LogP contribution in [-0.4, -0.2) is 29.8 Å². The molecule has 0 saturated carbocycles. The van der Waals surface area contributed by atoms with Crippen molar-refractivity contribution in [2.24, 2.45) is 0 Å². The molecule has 126 valence electrons. The summed E-state index contributed by atoms with van der Waals surface area (Å²) in [5.74, 6) is -0.896. The molecule has 0 atom stereocenters. The minimum atomic E-state index is -1.25. The maximum Gasteiger partial charge on any atom is 0.339 e. The van der Waals surface area contributed by atoms with E-state index in [1.54, 1.807) is 13.2 Å². The molecule has 1 amide bonds. The van der Waals surface area contributed by atoms with Crippen molar-refractivity contribution in [3.63, 3.8) is 0 Å². The molecule has 0 radical (unpaired) electrons. The first-order valence-electron chi connectivity index (χ1n) is 6.70. The molecule has 8 heteroatoms. The second-order valence-electron chi connectivity index (χ2n) is 4.60. The van der Waals surface area contributed by atoms with E-state index in [0.29, 0.717) is 5.75 Å². The summed E-state index contributed by atoms with van der Waals surface area (Å²) in [6.45, 7) is 0. The van der Waals surface area contributed by atoms with Gasteiger partial charge in [-0.05, 0) is 24.3 Å². The van der Waals surface area contributed by atoms with Gasteiger partial charge in [-0.25, -0.2) is 4.79 Å². The number of para-hydroxylation sites is 1. The van der Waals surface area contributed by atoms with E-state index >= 15 is 0 Å². The number of anilines is 1. The van der Waals surface area contributed by atoms with E-state index in [2.05, 4.69) is 5.32 Å². The number of carbonyl (C=O) groups is 2. The van der Waals surface area contributed by atoms with Crippen molar-refractivity contribution in [3.8, 4) is 5.75 Å². The van der Waals surface area contributed by atoms with Gasteiger partial charge in [-0.15, -0.1) is 11.8 Å². The average Bonchev–Trinajstić information content (AvgIpc) is 2.52. The van der Waals surface area contributed by atoms with Gasteiger partial charge in [0.2, 0.25) is 5.91 Å². The van der Waals surface area contributed by atoms with E-state index in [1.165, 1.54) is 23.9 Å². The van der Waals surface area contributed by atoms with Gasteiger partial charge in [0.15, 0.2) is 0 Å². The predicted molar refractivity (Wildman–Crippen MR) is 95.8 cm³/mol. The molecule has 0 bridgehead atoms. The van der Waals surface area contributed by atoms with Crippen LogP contribution in [0.3, 0.4) is 0 Å². The van der Waals surface area contributed by atoms with Crippen LogP contribution in [0.15, 0.2) is 41.3 Å². The molecule has 0 heterocycles. The highest BCUT2D eigenvalue weighted by atomic mass is 35.5. The molecule has 0 spiro atoms. The molecule has 0 saturated heterocycles. The zero-order chi connectivity index (χ0) is 17.7. The van der Waals surface area contributed by atoms with Crippen LogP contribution >= 0.6 is 35.0 Å². The Morgan fingerprint density at radius 2 is 1.96 bits per heavy atom. The van der Waals surface area contributed by atoms with Crippen LogP contribution in [0.2, 0.25) is 10.0 Å². The largest absolute Gasteiger partial charge is 0.496 e. The summed E-state index contributed by atoms with van der Waals surface area (Å²) in [7, 11) is 1.55. The maximum absolute atomic E-state index is 12.1. The molecular formula is C16H13Cl2NO4S. The highest BCUT2D eigenvalue weighted by molar-refractivity contribution is 8.00. The van der Waals surface area contributed by atoms with E-state index in [-0.39, 0.29) is 33.0 Å². The summed E-state index contributed by atoms with van der Waals surface area (Å²) in [6.07, 6.45) is 0. The highest BCUT2D eigenvalue weighted by Crippen LogP contribution is 2.31. The van der Waals surface area contributed by atoms with E-state index in [1.807, 2.05) is 18.2 Å². The zero-order valence-electron chi connectivity index (χ0n) is 12.5. The van der Waals surface area contributed by atoms with Crippen molar-refractivity contribution < 1.29 is 19.4 Å². The Morgan fingerprint density at radius 3 is 2.62 bits per heavy atom. The molecule has 0 aliphatic carbocycles. The number of carboxylic acid groups (broad SMARTS) is 1. The number of carbonyl (C=O) groups excluding carboxylic acids is 1. The van der Waals surface area contributed by atoms with Crippen molar-refractivity contribution in [3.05, 3.63) is 52.0 Å². The number of aromatic carboxylic acids is 1. The number of ether oxygens (including phenoxy) is 1. The Bertz CT molecular complexity index is 783. The molecular weight excluding hydrogens is 373 g/mol. The Kier molecular flexibility index (Phi) is 6.36. The lowest BCUT2D eigenvalue weighted by molar-refractivity contribution is -0.113. The molecule has 0 unspecified atom stereocenters. The summed E-state index contributed by atoms with van der Waals surface area (Å²) in [4.78, 5) is 24.2. The fourth-order valence-corrected chi connectivity index (χ4v) is 3.36. The second kappa shape index (κ2) is 8.28. The van der Waals surface area contributed by atoms with E-state index in [0.717, 1.165) is 4.90 Å². The van der Waals surface area contributed by atoms with Crippen molar-refractivity contribution >= 4 is 52.5 Å². The van der Waals surface area contributed by atoms with Crippen molar-refractivity contribution in [2.45, 2.75) is 4.90 Å². The number of amides is 1. The predicted octanol–water partition coefficient (Wildman–Crippen LogP) is 4.43. The molecule has 0 fully saturated rings. The van der Waals surface area contributed by atoms with Crippen LogP contribution in [0.25, 0.3) is 0 Å². The molecule has 0 aliphatic heterocycles. The van der Waals surface area contributed by atoms with Crippen LogP contribution in [0.1, 0.15) is 10.4 Å². The highest BCUT2D eigenvalue weighted by Gasteiger charge is 2.18. The van der Waals surface area contributed by atoms with Gasteiger partial charge >= 0.3 is 5.97 Å². The maximum atomic E-state index is 12.1. The molecule has 2 rings (SSSR count). The SMILES string of the molecule is COc1ccccc1SCC(=O)Nc1cc(Cl)cc(Cl)c1C(=O)O. The second-order valence-corrected chi connectivity index (χ2v) is 6.46. The topological polar surface area (TPSA) is 75.6 Å². The van der Waals surface area contributed by atoms with Crippen LogP contribution in [0, 0.1) is 0 Å². The smallest absolute Gasteiger partial charge is 0.339 e. The number of halogens is 2. The van der Waals surface area contributed by atoms with Gasteiger partial charge < -0.3 is 15.2 Å².